The Bertz CT molecular complexity index is 640. The first kappa shape index (κ1) is 25.6. The van der Waals surface area contributed by atoms with Crippen molar-refractivity contribution in [3.05, 3.63) is 145 Å². The quantitative estimate of drug-likeness (QED) is 0.239. The molecule has 3 heteroatoms. The minimum absolute atomic E-state index is 0. The second-order valence-electron chi connectivity index (χ2n) is 5.12. The van der Waals surface area contributed by atoms with Crippen LogP contribution >= 0.6 is 0 Å². The summed E-state index contributed by atoms with van der Waals surface area (Å²) in [6, 6.07) is 44.8. The van der Waals surface area contributed by atoms with E-state index in [4.69, 9.17) is 0 Å². The molecule has 0 heterocycles. The van der Waals surface area contributed by atoms with Crippen LogP contribution < -0.4 is 0 Å². The van der Waals surface area contributed by atoms with Crippen LogP contribution in [-0.4, -0.2) is 29.0 Å². The molecule has 4 radical (unpaired) electrons. The largest absolute Gasteiger partial charge is 0.737 e. The van der Waals surface area contributed by atoms with Crippen LogP contribution in [-0.2, 0) is 12.6 Å². The van der Waals surface area contributed by atoms with Gasteiger partial charge in [0.25, 0.3) is 0 Å². The molecular weight excluding hydrogens is 467 g/mol. The zero-order valence-electron chi connectivity index (χ0n) is 15.6. The van der Waals surface area contributed by atoms with Crippen molar-refractivity contribution < 1.29 is 4.79 Å². The monoisotopic (exact) mass is 491 g/mol. The molecule has 28 heavy (non-hydrogen) atoms. The van der Waals surface area contributed by atoms with Crippen LogP contribution in [0, 0.1) is 0 Å². The van der Waals surface area contributed by atoms with Crippen LogP contribution in [0.25, 0.3) is 0 Å². The third kappa shape index (κ3) is 15.8. The van der Waals surface area contributed by atoms with E-state index in [1.54, 1.807) is 24.3 Å². The van der Waals surface area contributed by atoms with Gasteiger partial charge in [-0.3, -0.25) is 0 Å². The van der Waals surface area contributed by atoms with E-state index in [1.165, 1.54) is 0 Å². The third-order valence-corrected chi connectivity index (χ3v) is 3.25. The molecule has 0 saturated heterocycles. The van der Waals surface area contributed by atoms with Crippen molar-refractivity contribution >= 4 is 41.7 Å². The van der Waals surface area contributed by atoms with Crippen molar-refractivity contribution in [3.8, 4) is 0 Å². The van der Waals surface area contributed by atoms with Gasteiger partial charge in [-0.15, -0.1) is 0 Å². The van der Waals surface area contributed by atoms with Crippen LogP contribution in [0.1, 0.15) is 10.4 Å². The molecule has 4 rings (SSSR count). The van der Waals surface area contributed by atoms with E-state index in [0.29, 0.717) is 5.56 Å². The van der Waals surface area contributed by atoms with Gasteiger partial charge in [0, 0.05) is 29.0 Å². The number of benzene rings is 4. The molecule has 0 amide bonds. The van der Waals surface area contributed by atoms with Crippen molar-refractivity contribution in [2.45, 2.75) is 0 Å². The molecule has 4 aromatic rings. The molecule has 0 N–H and O–H groups in total. The smallest absolute Gasteiger partial charge is 0.0422 e. The van der Waals surface area contributed by atoms with E-state index >= 15 is 0 Å². The molecule has 0 aliphatic heterocycles. The summed E-state index contributed by atoms with van der Waals surface area (Å²) in [7, 11) is 0. The summed E-state index contributed by atoms with van der Waals surface area (Å²) in [5.74, 6) is 0. The minimum Gasteiger partial charge on any atom is -0.737 e. The van der Waals surface area contributed by atoms with E-state index in [2.05, 4.69) is 12.6 Å². The molecule has 0 bridgehead atoms. The Kier molecular flexibility index (Phi) is 17.7. The molecule has 0 saturated carbocycles. The maximum Gasteiger partial charge on any atom is 0.0422 e. The van der Waals surface area contributed by atoms with Gasteiger partial charge >= 0.3 is 0 Å². The molecule has 0 atom stereocenters. The van der Waals surface area contributed by atoms with Crippen LogP contribution in [0.3, 0.4) is 0 Å². The Morgan fingerprint density at radius 2 is 0.607 bits per heavy atom. The molecular formula is C25H23OSSn-. The summed E-state index contributed by atoms with van der Waals surface area (Å²) < 4.78 is 0. The molecule has 0 unspecified atom stereocenters. The second kappa shape index (κ2) is 19.3. The Morgan fingerprint density at radius 3 is 0.750 bits per heavy atom. The van der Waals surface area contributed by atoms with E-state index in [0.717, 1.165) is 0 Å². The van der Waals surface area contributed by atoms with Gasteiger partial charge in [0.15, 0.2) is 0 Å². The number of hydrogen-bond acceptors (Lipinski definition) is 2. The van der Waals surface area contributed by atoms with E-state index in [1.807, 2.05) is 115 Å². The maximum absolute atomic E-state index is 10.5. The average molecular weight is 490 g/mol. The van der Waals surface area contributed by atoms with Crippen LogP contribution in [0.5, 0.6) is 0 Å². The molecule has 0 aromatic heterocycles. The van der Waals surface area contributed by atoms with E-state index in [9.17, 15) is 4.79 Å². The number of carbonyl (C=O) groups is 1. The standard InChI is InChI=1S/C7H6OS.3C6H6.Sn/c8-7(9)6-4-2-1-3-5-6;3*1-2-4-6-5-3-1;/h1-5H,(H,8,9);3*1-6H;/p-1. The Balaban J connectivity index is 0.000000349. The van der Waals surface area contributed by atoms with Gasteiger partial charge in [0.2, 0.25) is 0 Å². The van der Waals surface area contributed by atoms with Crippen LogP contribution in [0.15, 0.2) is 140 Å². The molecule has 4 aromatic carbocycles. The normalized spacial score (nSPS) is 8.00. The van der Waals surface area contributed by atoms with Crippen LogP contribution in [0.4, 0.5) is 0 Å². The average Bonchev–Trinajstić information content (AvgIpc) is 2.79. The zero-order valence-corrected chi connectivity index (χ0v) is 19.3. The molecule has 0 spiro atoms. The van der Waals surface area contributed by atoms with E-state index in [-0.39, 0.29) is 29.0 Å². The summed E-state index contributed by atoms with van der Waals surface area (Å²) in [6.07, 6.45) is 0. The second-order valence-corrected chi connectivity index (χ2v) is 5.49. The van der Waals surface area contributed by atoms with Crippen LogP contribution in [0.2, 0.25) is 0 Å². The molecule has 0 aliphatic carbocycles. The van der Waals surface area contributed by atoms with E-state index < -0.39 is 0 Å². The zero-order chi connectivity index (χ0) is 19.4. The summed E-state index contributed by atoms with van der Waals surface area (Å²) in [5.41, 5.74) is 0.590. The van der Waals surface area contributed by atoms with Gasteiger partial charge in [0.1, 0.15) is 0 Å². The van der Waals surface area contributed by atoms with Crippen molar-refractivity contribution in [2.24, 2.45) is 0 Å². The van der Waals surface area contributed by atoms with Gasteiger partial charge in [0.05, 0.1) is 0 Å². The minimum atomic E-state index is -0.296. The third-order valence-electron chi connectivity index (χ3n) is 3.01. The first-order valence-corrected chi connectivity index (χ1v) is 8.98. The first-order chi connectivity index (χ1) is 13.3. The summed E-state index contributed by atoms with van der Waals surface area (Å²) in [6.45, 7) is 0. The fourth-order valence-corrected chi connectivity index (χ4v) is 1.87. The van der Waals surface area contributed by atoms with Gasteiger partial charge < -0.3 is 17.4 Å². The van der Waals surface area contributed by atoms with Gasteiger partial charge in [-0.2, -0.15) is 0 Å². The fraction of sp³-hybridized carbons (Fsp3) is 0. The molecule has 1 nitrogen and oxygen atoms in total. The summed E-state index contributed by atoms with van der Waals surface area (Å²) >= 11 is 4.41. The first-order valence-electron chi connectivity index (χ1n) is 8.57. The van der Waals surface area contributed by atoms with Crippen molar-refractivity contribution in [1.82, 2.24) is 0 Å². The van der Waals surface area contributed by atoms with Crippen molar-refractivity contribution in [2.75, 3.05) is 0 Å². The van der Waals surface area contributed by atoms with Gasteiger partial charge in [-0.25, -0.2) is 0 Å². The predicted octanol–water partition coefficient (Wildman–Crippen LogP) is 6.05. The topological polar surface area (TPSA) is 17.1 Å². The van der Waals surface area contributed by atoms with Gasteiger partial charge in [-0.1, -0.05) is 140 Å². The Hall–Kier alpha value is -2.43. The number of hydrogen-bond donors (Lipinski definition) is 0. The predicted molar refractivity (Wildman–Crippen MR) is 123 cm³/mol. The molecule has 140 valence electrons. The molecule has 0 aliphatic rings. The SMILES string of the molecule is O=C([S-])c1ccccc1.[Sn].c1ccccc1.c1ccccc1.c1ccccc1. The van der Waals surface area contributed by atoms with Gasteiger partial charge in [-0.05, 0) is 5.56 Å². The maximum atomic E-state index is 10.5. The number of rotatable bonds is 1. The molecule has 0 fully saturated rings. The Morgan fingerprint density at radius 1 is 0.429 bits per heavy atom. The Labute approximate surface area is 190 Å². The number of carbonyl (C=O) groups excluding carboxylic acids is 1. The van der Waals surface area contributed by atoms with Crippen molar-refractivity contribution in [1.29, 1.82) is 0 Å². The summed E-state index contributed by atoms with van der Waals surface area (Å²) in [5, 5.41) is -0.296. The summed E-state index contributed by atoms with van der Waals surface area (Å²) in [4.78, 5) is 10.5. The van der Waals surface area contributed by atoms with Crippen molar-refractivity contribution in [3.63, 3.8) is 0 Å². The fourth-order valence-electron chi connectivity index (χ4n) is 1.73.